The van der Waals surface area contributed by atoms with Gasteiger partial charge in [0, 0.05) is 0 Å². The number of rotatable bonds is 4. The molecule has 5 heteroatoms. The van der Waals surface area contributed by atoms with E-state index in [1.54, 1.807) is 96.3 Å². The third-order valence-electron chi connectivity index (χ3n) is 7.37. The molecule has 0 amide bonds. The molecular formula is C23H37BrO3Sn. The number of carboxylic acid groups (broad SMARTS) is 1. The van der Waals surface area contributed by atoms with Crippen molar-refractivity contribution in [3.63, 3.8) is 0 Å². The van der Waals surface area contributed by atoms with Crippen molar-refractivity contribution >= 4 is 41.7 Å². The third-order valence-corrected chi connectivity index (χ3v) is 22.8. The Balaban J connectivity index is 0.000000211. The molecule has 4 rings (SSSR count). The van der Waals surface area contributed by atoms with E-state index in [-0.39, 0.29) is 5.76 Å². The predicted octanol–water partition coefficient (Wildman–Crippen LogP) is 7.96. The summed E-state index contributed by atoms with van der Waals surface area (Å²) in [6, 6.07) is 2.91. The maximum absolute atomic E-state index is 10.1. The molecule has 28 heavy (non-hydrogen) atoms. The summed E-state index contributed by atoms with van der Waals surface area (Å²) < 4.78 is 9.10. The zero-order valence-corrected chi connectivity index (χ0v) is 22.1. The molecule has 1 aromatic rings. The van der Waals surface area contributed by atoms with Gasteiger partial charge in [0.25, 0.3) is 0 Å². The fourth-order valence-electron chi connectivity index (χ4n) is 6.14. The molecule has 3 nitrogen and oxygen atoms in total. The Bertz CT molecular complexity index is 542. The molecule has 0 bridgehead atoms. The first-order valence-electron chi connectivity index (χ1n) is 11.6. The van der Waals surface area contributed by atoms with E-state index in [9.17, 15) is 4.79 Å². The van der Waals surface area contributed by atoms with E-state index in [0.717, 1.165) is 0 Å². The van der Waals surface area contributed by atoms with Gasteiger partial charge >= 0.3 is 134 Å². The van der Waals surface area contributed by atoms with E-state index < -0.39 is 25.7 Å². The van der Waals surface area contributed by atoms with Crippen LogP contribution in [0.15, 0.2) is 21.2 Å². The Morgan fingerprint density at radius 2 is 1.18 bits per heavy atom. The first-order chi connectivity index (χ1) is 13.6. The molecule has 0 aromatic carbocycles. The maximum atomic E-state index is 10.1. The van der Waals surface area contributed by atoms with Crippen LogP contribution in [0.5, 0.6) is 0 Å². The largest absolute Gasteiger partial charge is 0.475 e. The number of halogens is 1. The molecule has 0 spiro atoms. The van der Waals surface area contributed by atoms with Gasteiger partial charge in [0.15, 0.2) is 4.67 Å². The van der Waals surface area contributed by atoms with Crippen LogP contribution >= 0.6 is 15.9 Å². The van der Waals surface area contributed by atoms with Gasteiger partial charge < -0.3 is 9.52 Å². The quantitative estimate of drug-likeness (QED) is 0.381. The van der Waals surface area contributed by atoms with Gasteiger partial charge in [0.05, 0.1) is 0 Å². The van der Waals surface area contributed by atoms with Gasteiger partial charge in [-0.1, -0.05) is 0 Å². The van der Waals surface area contributed by atoms with Crippen molar-refractivity contribution in [2.24, 2.45) is 0 Å². The third kappa shape index (κ3) is 6.78. The number of carboxylic acids is 1. The van der Waals surface area contributed by atoms with E-state index in [1.165, 1.54) is 23.9 Å². The second kappa shape index (κ2) is 12.0. The van der Waals surface area contributed by atoms with E-state index in [2.05, 4.69) is 20.3 Å². The fraction of sp³-hybridized carbons (Fsp3) is 0.783. The molecule has 0 aliphatic heterocycles. The molecule has 0 atom stereocenters. The van der Waals surface area contributed by atoms with Crippen LogP contribution in [-0.4, -0.2) is 30.8 Å². The molecule has 158 valence electrons. The number of hydrogen-bond acceptors (Lipinski definition) is 2. The van der Waals surface area contributed by atoms with Crippen LogP contribution in [0, 0.1) is 0 Å². The first kappa shape index (κ1) is 22.7. The number of carbonyl (C=O) groups is 1. The van der Waals surface area contributed by atoms with Crippen LogP contribution in [-0.2, 0) is 0 Å². The van der Waals surface area contributed by atoms with Crippen molar-refractivity contribution in [2.75, 3.05) is 0 Å². The molecule has 1 aromatic heterocycles. The Morgan fingerprint density at radius 1 is 0.786 bits per heavy atom. The molecule has 0 radical (unpaired) electrons. The van der Waals surface area contributed by atoms with Gasteiger partial charge in [-0.05, 0) is 28.1 Å². The van der Waals surface area contributed by atoms with E-state index >= 15 is 0 Å². The molecule has 3 aliphatic rings. The van der Waals surface area contributed by atoms with Crippen LogP contribution in [0.1, 0.15) is 107 Å². The normalized spacial score (nSPS) is 22.6. The Morgan fingerprint density at radius 3 is 1.43 bits per heavy atom. The predicted molar refractivity (Wildman–Crippen MR) is 121 cm³/mol. The minimum Gasteiger partial charge on any atom is -0.475 e. The summed E-state index contributed by atoms with van der Waals surface area (Å²) in [4.78, 5) is 10.1. The number of aromatic carboxylic acids is 1. The van der Waals surface area contributed by atoms with E-state index in [4.69, 9.17) is 5.11 Å². The summed E-state index contributed by atoms with van der Waals surface area (Å²) in [5.74, 6) is -1.11. The minimum atomic E-state index is -1.31. The van der Waals surface area contributed by atoms with Gasteiger partial charge in [0.2, 0.25) is 5.76 Å². The van der Waals surface area contributed by atoms with Crippen molar-refractivity contribution < 1.29 is 14.3 Å². The standard InChI is InChI=1S/3C6H11.C5H3BrO3.Sn.H/c3*1-2-4-6-5-3-1;6-4-2-1-3(9-4)5(7)8;;/h3*1H,2-6H2;1-2H,(H,7,8);;. The second-order valence-corrected chi connectivity index (χ2v) is 21.3. The monoisotopic (exact) mass is 560 g/mol. The average molecular weight is 560 g/mol. The van der Waals surface area contributed by atoms with Gasteiger partial charge in [0.1, 0.15) is 0 Å². The summed E-state index contributed by atoms with van der Waals surface area (Å²) in [6.45, 7) is 0. The van der Waals surface area contributed by atoms with Crippen LogP contribution in [0.25, 0.3) is 0 Å². The van der Waals surface area contributed by atoms with Gasteiger partial charge in [-0.15, -0.1) is 0 Å². The van der Waals surface area contributed by atoms with Crippen LogP contribution in [0.4, 0.5) is 0 Å². The summed E-state index contributed by atoms with van der Waals surface area (Å²) in [5.41, 5.74) is 0. The molecule has 3 saturated carbocycles. The fourth-order valence-corrected chi connectivity index (χ4v) is 23.7. The van der Waals surface area contributed by atoms with Gasteiger partial charge in [-0.2, -0.15) is 0 Å². The Labute approximate surface area is 185 Å². The minimum absolute atomic E-state index is 0.0538. The molecule has 0 unspecified atom stereocenters. The number of hydrogen-bond donors (Lipinski definition) is 1. The van der Waals surface area contributed by atoms with E-state index in [1.807, 2.05) is 0 Å². The smallest absolute Gasteiger partial charge is 0.371 e. The van der Waals surface area contributed by atoms with Crippen molar-refractivity contribution in [3.8, 4) is 0 Å². The Hall–Kier alpha value is 0.0287. The van der Waals surface area contributed by atoms with Crippen LogP contribution in [0.3, 0.4) is 0 Å². The van der Waals surface area contributed by atoms with Crippen molar-refractivity contribution in [2.45, 2.75) is 108 Å². The first-order valence-corrected chi connectivity index (χ1v) is 18.1. The van der Waals surface area contributed by atoms with Crippen molar-refractivity contribution in [1.29, 1.82) is 0 Å². The zero-order chi connectivity index (χ0) is 19.8. The second-order valence-electron chi connectivity index (χ2n) is 9.18. The average Bonchev–Trinajstić information content (AvgIpc) is 3.18. The number of furan rings is 1. The topological polar surface area (TPSA) is 50.4 Å². The Kier molecular flexibility index (Phi) is 9.75. The molecule has 3 aliphatic carbocycles. The molecular weight excluding hydrogens is 523 g/mol. The molecule has 1 N–H and O–H groups in total. The maximum Gasteiger partial charge on any atom is 0.371 e. The van der Waals surface area contributed by atoms with Gasteiger partial charge in [-0.25, -0.2) is 4.79 Å². The summed E-state index contributed by atoms with van der Waals surface area (Å²) in [7, 11) is 0. The zero-order valence-electron chi connectivity index (χ0n) is 17.2. The molecule has 0 saturated heterocycles. The van der Waals surface area contributed by atoms with Gasteiger partial charge in [-0.3, -0.25) is 0 Å². The van der Waals surface area contributed by atoms with E-state index in [0.29, 0.717) is 4.67 Å². The SMILES string of the molecule is C1CC[CH]([SnH]([CH]2CCCCC2)[CH]2CCCCC2)CC1.O=C(O)c1ccc(Br)o1. The molecule has 3 fully saturated rings. The van der Waals surface area contributed by atoms with Crippen LogP contribution < -0.4 is 0 Å². The summed E-state index contributed by atoms with van der Waals surface area (Å²) in [6.07, 6.45) is 24.3. The molecule has 1 heterocycles. The summed E-state index contributed by atoms with van der Waals surface area (Å²) >= 11 is 1.66. The van der Waals surface area contributed by atoms with Crippen molar-refractivity contribution in [1.82, 2.24) is 0 Å². The van der Waals surface area contributed by atoms with Crippen LogP contribution in [0.2, 0.25) is 11.8 Å². The van der Waals surface area contributed by atoms with Crippen molar-refractivity contribution in [3.05, 3.63) is 22.6 Å². The summed E-state index contributed by atoms with van der Waals surface area (Å²) in [5, 5.41) is 8.28.